The lowest BCUT2D eigenvalue weighted by molar-refractivity contribution is 0.181. The third-order valence-electron chi connectivity index (χ3n) is 2.03. The average molecular weight is 159 g/mol. The molecule has 2 unspecified atom stereocenters. The fraction of sp³-hybridized carbons (Fsp3) is 1.00. The monoisotopic (exact) mass is 159 g/mol. The van der Waals surface area contributed by atoms with Gasteiger partial charge >= 0.3 is 0 Å². The Morgan fingerprint density at radius 3 is 2.09 bits per heavy atom. The van der Waals surface area contributed by atoms with Crippen molar-refractivity contribution >= 4 is 0 Å². The van der Waals surface area contributed by atoms with Crippen LogP contribution in [0.4, 0.5) is 0 Å². The van der Waals surface area contributed by atoms with E-state index in [4.69, 9.17) is 5.11 Å². The fourth-order valence-electron chi connectivity index (χ4n) is 0.756. The minimum atomic E-state index is -0.179. The molecular weight excluding hydrogens is 138 g/mol. The molecule has 0 aliphatic heterocycles. The van der Waals surface area contributed by atoms with Gasteiger partial charge in [-0.1, -0.05) is 13.8 Å². The van der Waals surface area contributed by atoms with Crippen molar-refractivity contribution in [1.29, 1.82) is 0 Å². The molecular formula is C9H21NO. The van der Waals surface area contributed by atoms with Gasteiger partial charge in [0, 0.05) is 6.04 Å². The van der Waals surface area contributed by atoms with Crippen LogP contribution >= 0.6 is 0 Å². The molecule has 2 atom stereocenters. The first-order chi connectivity index (χ1) is 5.04. The molecule has 0 amide bonds. The van der Waals surface area contributed by atoms with Gasteiger partial charge in [-0.3, -0.25) is 0 Å². The van der Waals surface area contributed by atoms with Crippen LogP contribution in [0.5, 0.6) is 0 Å². The molecule has 0 saturated heterocycles. The molecule has 0 spiro atoms. The molecule has 0 aromatic heterocycles. The van der Waals surface area contributed by atoms with Crippen LogP contribution in [0.3, 0.4) is 0 Å². The van der Waals surface area contributed by atoms with E-state index >= 15 is 0 Å². The van der Waals surface area contributed by atoms with E-state index in [0.29, 0.717) is 12.0 Å². The topological polar surface area (TPSA) is 32.3 Å². The second-order valence-corrected chi connectivity index (χ2v) is 3.62. The van der Waals surface area contributed by atoms with E-state index in [9.17, 15) is 0 Å². The van der Waals surface area contributed by atoms with Crippen LogP contribution in [0.1, 0.15) is 34.1 Å². The van der Waals surface area contributed by atoms with Crippen LogP contribution in [0, 0.1) is 5.92 Å². The highest BCUT2D eigenvalue weighted by atomic mass is 16.3. The molecule has 2 N–H and O–H groups in total. The molecule has 0 radical (unpaired) electrons. The molecule has 0 bridgehead atoms. The maximum atomic E-state index is 8.96. The van der Waals surface area contributed by atoms with Crippen LogP contribution in [-0.2, 0) is 0 Å². The predicted molar refractivity (Wildman–Crippen MR) is 48.6 cm³/mol. The molecule has 0 saturated carbocycles. The summed E-state index contributed by atoms with van der Waals surface area (Å²) >= 11 is 0. The van der Waals surface area contributed by atoms with Crippen molar-refractivity contribution in [2.75, 3.05) is 6.54 Å². The highest BCUT2D eigenvalue weighted by molar-refractivity contribution is 4.64. The number of nitrogens with one attached hydrogen (secondary N) is 1. The smallest absolute Gasteiger partial charge is 0.0524 e. The molecule has 0 heterocycles. The van der Waals surface area contributed by atoms with Gasteiger partial charge in [-0.25, -0.2) is 0 Å². The van der Waals surface area contributed by atoms with Crippen molar-refractivity contribution in [2.45, 2.75) is 46.3 Å². The summed E-state index contributed by atoms with van der Waals surface area (Å²) in [6, 6.07) is 0.550. The number of hydrogen-bond acceptors (Lipinski definition) is 2. The predicted octanol–water partition coefficient (Wildman–Crippen LogP) is 1.39. The van der Waals surface area contributed by atoms with Crippen molar-refractivity contribution in [2.24, 2.45) is 5.92 Å². The molecule has 68 valence electrons. The van der Waals surface area contributed by atoms with Gasteiger partial charge in [0.05, 0.1) is 6.10 Å². The Balaban J connectivity index is 3.24. The Labute approximate surface area is 70.0 Å². The van der Waals surface area contributed by atoms with Crippen molar-refractivity contribution in [3.8, 4) is 0 Å². The second-order valence-electron chi connectivity index (χ2n) is 3.62. The zero-order chi connectivity index (χ0) is 8.85. The lowest BCUT2D eigenvalue weighted by Crippen LogP contribution is -2.32. The summed E-state index contributed by atoms with van der Waals surface area (Å²) in [6.07, 6.45) is 0.665. The summed E-state index contributed by atoms with van der Waals surface area (Å²) in [7, 11) is 0. The second kappa shape index (κ2) is 5.56. The van der Waals surface area contributed by atoms with Crippen LogP contribution in [-0.4, -0.2) is 23.8 Å². The largest absolute Gasteiger partial charge is 0.393 e. The van der Waals surface area contributed by atoms with Gasteiger partial charge in [-0.2, -0.15) is 0 Å². The molecule has 0 fully saturated rings. The van der Waals surface area contributed by atoms with Gasteiger partial charge in [-0.05, 0) is 32.7 Å². The molecule has 0 aromatic carbocycles. The molecule has 0 aliphatic carbocycles. The van der Waals surface area contributed by atoms with Gasteiger partial charge in [0.2, 0.25) is 0 Å². The van der Waals surface area contributed by atoms with Crippen molar-refractivity contribution < 1.29 is 5.11 Å². The summed E-state index contributed by atoms with van der Waals surface area (Å²) in [5.74, 6) is 0.670. The number of aliphatic hydroxyl groups is 1. The normalized spacial score (nSPS) is 16.9. The highest BCUT2D eigenvalue weighted by Crippen LogP contribution is 1.99. The van der Waals surface area contributed by atoms with Gasteiger partial charge in [-0.15, -0.1) is 0 Å². The maximum absolute atomic E-state index is 8.96. The Hall–Kier alpha value is -0.0800. The average Bonchev–Trinajstić information content (AvgIpc) is 1.86. The Morgan fingerprint density at radius 2 is 1.73 bits per heavy atom. The molecule has 2 nitrogen and oxygen atoms in total. The van der Waals surface area contributed by atoms with Crippen LogP contribution < -0.4 is 5.32 Å². The third-order valence-corrected chi connectivity index (χ3v) is 2.03. The van der Waals surface area contributed by atoms with E-state index in [1.165, 1.54) is 0 Å². The Morgan fingerprint density at radius 1 is 1.18 bits per heavy atom. The summed E-state index contributed by atoms with van der Waals surface area (Å²) in [4.78, 5) is 0. The van der Waals surface area contributed by atoms with E-state index in [1.54, 1.807) is 0 Å². The number of aliphatic hydroxyl groups excluding tert-OH is 1. The molecule has 0 aromatic rings. The molecule has 2 heteroatoms. The maximum Gasteiger partial charge on any atom is 0.0524 e. The minimum Gasteiger partial charge on any atom is -0.393 e. The van der Waals surface area contributed by atoms with Crippen LogP contribution in [0.15, 0.2) is 0 Å². The first kappa shape index (κ1) is 10.9. The van der Waals surface area contributed by atoms with Crippen LogP contribution in [0.2, 0.25) is 0 Å². The van der Waals surface area contributed by atoms with E-state index in [0.717, 1.165) is 13.0 Å². The van der Waals surface area contributed by atoms with E-state index < -0.39 is 0 Å². The van der Waals surface area contributed by atoms with Gasteiger partial charge in [0.15, 0.2) is 0 Å². The quantitative estimate of drug-likeness (QED) is 0.635. The summed E-state index contributed by atoms with van der Waals surface area (Å²) in [5, 5.41) is 12.3. The summed E-state index contributed by atoms with van der Waals surface area (Å²) in [5.41, 5.74) is 0. The SMILES string of the molecule is CC(O)CCNC(C)C(C)C. The fourth-order valence-corrected chi connectivity index (χ4v) is 0.756. The lowest BCUT2D eigenvalue weighted by Gasteiger charge is -2.17. The standard InChI is InChI=1S/C9H21NO/c1-7(2)9(4)10-6-5-8(3)11/h7-11H,5-6H2,1-4H3. The molecule has 11 heavy (non-hydrogen) atoms. The first-order valence-corrected chi connectivity index (χ1v) is 4.45. The van der Waals surface area contributed by atoms with Crippen molar-refractivity contribution in [3.63, 3.8) is 0 Å². The lowest BCUT2D eigenvalue weighted by atomic mass is 10.1. The van der Waals surface area contributed by atoms with E-state index in [1.807, 2.05) is 6.92 Å². The van der Waals surface area contributed by atoms with Gasteiger partial charge in [0.1, 0.15) is 0 Å². The third kappa shape index (κ3) is 6.32. The highest BCUT2D eigenvalue weighted by Gasteiger charge is 2.05. The van der Waals surface area contributed by atoms with Crippen molar-refractivity contribution in [3.05, 3.63) is 0 Å². The first-order valence-electron chi connectivity index (χ1n) is 4.45. The van der Waals surface area contributed by atoms with E-state index in [2.05, 4.69) is 26.1 Å². The summed E-state index contributed by atoms with van der Waals surface area (Å²) in [6.45, 7) is 9.30. The van der Waals surface area contributed by atoms with Crippen molar-refractivity contribution in [1.82, 2.24) is 5.32 Å². The molecule has 0 aliphatic rings. The van der Waals surface area contributed by atoms with Crippen LogP contribution in [0.25, 0.3) is 0 Å². The number of hydrogen-bond donors (Lipinski definition) is 2. The zero-order valence-corrected chi connectivity index (χ0v) is 8.09. The van der Waals surface area contributed by atoms with Gasteiger partial charge in [0.25, 0.3) is 0 Å². The number of rotatable bonds is 5. The molecule has 0 rings (SSSR count). The zero-order valence-electron chi connectivity index (χ0n) is 8.09. The van der Waals surface area contributed by atoms with Gasteiger partial charge < -0.3 is 10.4 Å². The Kier molecular flexibility index (Phi) is 5.51. The van der Waals surface area contributed by atoms with E-state index in [-0.39, 0.29) is 6.10 Å². The minimum absolute atomic E-state index is 0.179. The summed E-state index contributed by atoms with van der Waals surface area (Å²) < 4.78 is 0. The Bertz CT molecular complexity index is 91.6.